The third-order valence-electron chi connectivity index (χ3n) is 3.36. The van der Waals surface area contributed by atoms with Crippen LogP contribution in [0.15, 0.2) is 40.7 Å². The molecule has 3 rings (SSSR count). The molecule has 0 fully saturated rings. The fraction of sp³-hybridized carbons (Fsp3) is 0.235. The maximum absolute atomic E-state index is 12.1. The van der Waals surface area contributed by atoms with Gasteiger partial charge in [0.05, 0.1) is 10.6 Å². The van der Waals surface area contributed by atoms with Gasteiger partial charge in [-0.05, 0) is 43.2 Å². The average Bonchev–Trinajstić information content (AvgIpc) is 3.22. The van der Waals surface area contributed by atoms with E-state index in [9.17, 15) is 4.79 Å². The number of nitrogens with zero attached hydrogens (tertiary/aromatic N) is 2. The van der Waals surface area contributed by atoms with E-state index < -0.39 is 0 Å². The fourth-order valence-electron chi connectivity index (χ4n) is 2.05. The standard InChI is InChI=1S/C17H17N3OS3/c1-3-12-5-7-13(8-6-12)18-16-19-20-17(24-16)22-10-14(21)15-9-4-11(2)23-15/h4-9H,3,10H2,1-2H3,(H,18,19). The Balaban J connectivity index is 1.56. The Morgan fingerprint density at radius 1 is 1.12 bits per heavy atom. The first-order valence-corrected chi connectivity index (χ1v) is 10.2. The summed E-state index contributed by atoms with van der Waals surface area (Å²) in [5, 5.41) is 12.3. The highest BCUT2D eigenvalue weighted by Gasteiger charge is 2.11. The van der Waals surface area contributed by atoms with Crippen LogP contribution in [0.2, 0.25) is 0 Å². The van der Waals surface area contributed by atoms with Gasteiger partial charge in [0.2, 0.25) is 5.13 Å². The number of benzene rings is 1. The molecule has 0 aliphatic heterocycles. The van der Waals surface area contributed by atoms with Crippen molar-refractivity contribution in [2.24, 2.45) is 0 Å². The van der Waals surface area contributed by atoms with Crippen molar-refractivity contribution in [1.29, 1.82) is 0 Å². The number of carbonyl (C=O) groups excluding carboxylic acids is 1. The molecular formula is C17H17N3OS3. The summed E-state index contributed by atoms with van der Waals surface area (Å²) < 4.78 is 0.796. The van der Waals surface area contributed by atoms with E-state index in [4.69, 9.17) is 0 Å². The van der Waals surface area contributed by atoms with Crippen LogP contribution in [0.4, 0.5) is 10.8 Å². The Bertz CT molecular complexity index is 824. The van der Waals surface area contributed by atoms with E-state index in [1.165, 1.54) is 40.0 Å². The molecule has 0 bridgehead atoms. The van der Waals surface area contributed by atoms with Crippen molar-refractivity contribution >= 4 is 51.0 Å². The van der Waals surface area contributed by atoms with Crippen LogP contribution in [0.25, 0.3) is 0 Å². The molecule has 124 valence electrons. The third-order valence-corrected chi connectivity index (χ3v) is 6.38. The number of anilines is 2. The zero-order valence-electron chi connectivity index (χ0n) is 13.4. The molecule has 0 radical (unpaired) electrons. The molecule has 4 nitrogen and oxygen atoms in total. The summed E-state index contributed by atoms with van der Waals surface area (Å²) in [6.45, 7) is 4.14. The van der Waals surface area contributed by atoms with Gasteiger partial charge < -0.3 is 5.32 Å². The molecule has 0 saturated carbocycles. The van der Waals surface area contributed by atoms with E-state index in [-0.39, 0.29) is 5.78 Å². The number of hydrogen-bond donors (Lipinski definition) is 1. The van der Waals surface area contributed by atoms with Crippen LogP contribution >= 0.6 is 34.4 Å². The van der Waals surface area contributed by atoms with E-state index in [2.05, 4.69) is 34.6 Å². The second-order valence-corrected chi connectivity index (χ2v) is 8.66. The molecule has 2 aromatic heterocycles. The van der Waals surface area contributed by atoms with Crippen molar-refractivity contribution in [2.45, 2.75) is 24.6 Å². The van der Waals surface area contributed by atoms with Crippen molar-refractivity contribution in [3.05, 3.63) is 51.7 Å². The SMILES string of the molecule is CCc1ccc(Nc2nnc(SCC(=O)c3ccc(C)s3)s2)cc1. The molecule has 0 amide bonds. The molecular weight excluding hydrogens is 358 g/mol. The topological polar surface area (TPSA) is 54.9 Å². The van der Waals surface area contributed by atoms with Gasteiger partial charge in [-0.3, -0.25) is 4.79 Å². The Morgan fingerprint density at radius 2 is 1.92 bits per heavy atom. The molecule has 0 aliphatic carbocycles. The Morgan fingerprint density at radius 3 is 2.58 bits per heavy atom. The summed E-state index contributed by atoms with van der Waals surface area (Å²) in [6, 6.07) is 12.1. The van der Waals surface area contributed by atoms with Gasteiger partial charge in [-0.15, -0.1) is 21.5 Å². The van der Waals surface area contributed by atoms with E-state index in [1.54, 1.807) is 0 Å². The van der Waals surface area contributed by atoms with E-state index in [0.29, 0.717) is 5.75 Å². The van der Waals surface area contributed by atoms with Crippen LogP contribution in [0.3, 0.4) is 0 Å². The first-order chi connectivity index (χ1) is 11.6. The molecule has 1 N–H and O–H groups in total. The van der Waals surface area contributed by atoms with Crippen molar-refractivity contribution in [3.63, 3.8) is 0 Å². The predicted molar refractivity (Wildman–Crippen MR) is 103 cm³/mol. The molecule has 1 aromatic carbocycles. The number of nitrogens with one attached hydrogen (secondary N) is 1. The number of ketones is 1. The number of thiophene rings is 1. The lowest BCUT2D eigenvalue weighted by Crippen LogP contribution is -1.98. The number of thioether (sulfide) groups is 1. The smallest absolute Gasteiger partial charge is 0.210 e. The molecule has 2 heterocycles. The minimum atomic E-state index is 0.137. The molecule has 0 spiro atoms. The second kappa shape index (κ2) is 7.92. The molecule has 24 heavy (non-hydrogen) atoms. The van der Waals surface area contributed by atoms with E-state index in [0.717, 1.165) is 31.3 Å². The van der Waals surface area contributed by atoms with Crippen molar-refractivity contribution in [2.75, 3.05) is 11.1 Å². The lowest BCUT2D eigenvalue weighted by Gasteiger charge is -2.02. The minimum absolute atomic E-state index is 0.137. The second-order valence-electron chi connectivity index (χ2n) is 5.17. The molecule has 0 unspecified atom stereocenters. The molecule has 0 atom stereocenters. The Labute approximate surface area is 153 Å². The van der Waals surface area contributed by atoms with Crippen molar-refractivity contribution in [1.82, 2.24) is 10.2 Å². The van der Waals surface area contributed by atoms with Gasteiger partial charge in [0.15, 0.2) is 10.1 Å². The van der Waals surface area contributed by atoms with Gasteiger partial charge in [0, 0.05) is 10.6 Å². The molecule has 7 heteroatoms. The quantitative estimate of drug-likeness (QED) is 0.455. The zero-order valence-corrected chi connectivity index (χ0v) is 15.9. The highest BCUT2D eigenvalue weighted by molar-refractivity contribution is 8.01. The highest BCUT2D eigenvalue weighted by atomic mass is 32.2. The van der Waals surface area contributed by atoms with Crippen molar-refractivity contribution in [3.8, 4) is 0 Å². The molecule has 0 aliphatic rings. The molecule has 0 saturated heterocycles. The summed E-state index contributed by atoms with van der Waals surface area (Å²) in [5.41, 5.74) is 2.29. The normalized spacial score (nSPS) is 10.8. The average molecular weight is 376 g/mol. The van der Waals surface area contributed by atoms with Gasteiger partial charge in [-0.1, -0.05) is 42.2 Å². The predicted octanol–water partition coefficient (Wildman–Crippen LogP) is 5.19. The number of aromatic nitrogens is 2. The van der Waals surface area contributed by atoms with Crippen LogP contribution in [-0.4, -0.2) is 21.7 Å². The van der Waals surface area contributed by atoms with Crippen LogP contribution in [0.1, 0.15) is 27.0 Å². The number of aryl methyl sites for hydroxylation is 2. The number of rotatable bonds is 7. The number of Topliss-reactive ketones (excluding diaryl/α,β-unsaturated/α-hetero) is 1. The van der Waals surface area contributed by atoms with Crippen LogP contribution < -0.4 is 5.32 Å². The summed E-state index contributed by atoms with van der Waals surface area (Å²) in [4.78, 5) is 14.1. The fourth-order valence-corrected chi connectivity index (χ4v) is 4.60. The van der Waals surface area contributed by atoms with Crippen LogP contribution in [-0.2, 0) is 6.42 Å². The Kier molecular flexibility index (Phi) is 5.65. The van der Waals surface area contributed by atoms with Gasteiger partial charge >= 0.3 is 0 Å². The van der Waals surface area contributed by atoms with E-state index >= 15 is 0 Å². The first-order valence-electron chi connectivity index (χ1n) is 7.56. The third kappa shape index (κ3) is 4.43. The molecule has 3 aromatic rings. The lowest BCUT2D eigenvalue weighted by molar-refractivity contribution is 0.102. The summed E-state index contributed by atoms with van der Waals surface area (Å²) in [5.74, 6) is 0.526. The van der Waals surface area contributed by atoms with Gasteiger partial charge in [0.25, 0.3) is 0 Å². The van der Waals surface area contributed by atoms with Crippen molar-refractivity contribution < 1.29 is 4.79 Å². The van der Waals surface area contributed by atoms with Crippen LogP contribution in [0, 0.1) is 6.92 Å². The van der Waals surface area contributed by atoms with Gasteiger partial charge in [-0.25, -0.2) is 0 Å². The highest BCUT2D eigenvalue weighted by Crippen LogP contribution is 2.29. The Hall–Kier alpha value is -1.70. The zero-order chi connectivity index (χ0) is 16.9. The summed E-state index contributed by atoms with van der Waals surface area (Å²) in [7, 11) is 0. The lowest BCUT2D eigenvalue weighted by atomic mass is 10.1. The number of carbonyl (C=O) groups is 1. The van der Waals surface area contributed by atoms with Crippen LogP contribution in [0.5, 0.6) is 0 Å². The first kappa shape index (κ1) is 17.1. The largest absolute Gasteiger partial charge is 0.330 e. The summed E-state index contributed by atoms with van der Waals surface area (Å²) in [6.07, 6.45) is 1.03. The van der Waals surface area contributed by atoms with Gasteiger partial charge in [0.1, 0.15) is 0 Å². The summed E-state index contributed by atoms with van der Waals surface area (Å²) >= 11 is 4.43. The maximum atomic E-state index is 12.1. The minimum Gasteiger partial charge on any atom is -0.330 e. The van der Waals surface area contributed by atoms with Gasteiger partial charge in [-0.2, -0.15) is 0 Å². The monoisotopic (exact) mass is 375 g/mol. The number of hydrogen-bond acceptors (Lipinski definition) is 7. The van der Waals surface area contributed by atoms with E-state index in [1.807, 2.05) is 31.2 Å². The maximum Gasteiger partial charge on any atom is 0.210 e.